The molecular weight excluding hydrogens is 1150 g/mol. The van der Waals surface area contributed by atoms with E-state index in [1.165, 1.54) is 122 Å². The number of hydrogen-bond acceptors (Lipinski definition) is 2. The van der Waals surface area contributed by atoms with Crippen LogP contribution in [0.25, 0.3) is 79.9 Å². The van der Waals surface area contributed by atoms with Gasteiger partial charge in [-0.3, -0.25) is 0 Å². The van der Waals surface area contributed by atoms with Crippen molar-refractivity contribution in [2.45, 2.75) is 110 Å². The first-order valence-electron chi connectivity index (χ1n) is 33.9. The number of fused-ring (bicyclic) bond motifs is 9. The third kappa shape index (κ3) is 11.0. The van der Waals surface area contributed by atoms with Crippen molar-refractivity contribution in [3.8, 4) is 55.6 Å². The van der Waals surface area contributed by atoms with Gasteiger partial charge in [0.15, 0.2) is 0 Å². The van der Waals surface area contributed by atoms with E-state index in [1.54, 1.807) is 0 Å². The van der Waals surface area contributed by atoms with Crippen molar-refractivity contribution in [1.29, 1.82) is 0 Å². The van der Waals surface area contributed by atoms with Crippen molar-refractivity contribution < 1.29 is 0 Å². The molecule has 0 N–H and O–H groups in total. The van der Waals surface area contributed by atoms with Gasteiger partial charge in [0, 0.05) is 50.4 Å². The fourth-order valence-corrected chi connectivity index (χ4v) is 15.3. The smallest absolute Gasteiger partial charge is 0.0465 e. The van der Waals surface area contributed by atoms with Crippen LogP contribution in [0.5, 0.6) is 0 Å². The summed E-state index contributed by atoms with van der Waals surface area (Å²) in [5, 5.41) is 0. The second-order valence-electron chi connectivity index (χ2n) is 30.3. The first-order valence-corrected chi connectivity index (χ1v) is 33.9. The average molecular weight is 1230 g/mol. The molecule has 12 aromatic rings. The van der Waals surface area contributed by atoms with Gasteiger partial charge < -0.3 is 9.80 Å². The van der Waals surface area contributed by atoms with E-state index >= 15 is 0 Å². The Labute approximate surface area is 564 Å². The molecule has 12 aromatic carbocycles. The molecule has 3 aliphatic rings. The fourth-order valence-electron chi connectivity index (χ4n) is 15.3. The van der Waals surface area contributed by atoms with E-state index in [0.29, 0.717) is 0 Å². The summed E-state index contributed by atoms with van der Waals surface area (Å²) >= 11 is 0. The molecule has 466 valence electrons. The van der Waals surface area contributed by atoms with Crippen molar-refractivity contribution in [3.63, 3.8) is 0 Å². The monoisotopic (exact) mass is 1230 g/mol. The van der Waals surface area contributed by atoms with Gasteiger partial charge in [0.25, 0.3) is 0 Å². The summed E-state index contributed by atoms with van der Waals surface area (Å²) in [7, 11) is 0. The molecule has 0 aliphatic heterocycles. The van der Waals surface area contributed by atoms with Crippen LogP contribution in [0.3, 0.4) is 0 Å². The molecule has 0 unspecified atom stereocenters. The van der Waals surface area contributed by atoms with Gasteiger partial charge in [0.05, 0.1) is 0 Å². The van der Waals surface area contributed by atoms with E-state index in [-0.39, 0.29) is 27.1 Å². The topological polar surface area (TPSA) is 6.48 Å². The molecule has 0 saturated carbocycles. The normalized spacial score (nSPS) is 14.5. The molecule has 0 atom stereocenters. The van der Waals surface area contributed by atoms with E-state index < -0.39 is 0 Å². The third-order valence-corrected chi connectivity index (χ3v) is 21.0. The number of benzene rings is 12. The predicted octanol–water partition coefficient (Wildman–Crippen LogP) is 25.8. The van der Waals surface area contributed by atoms with E-state index in [9.17, 15) is 0 Å². The molecule has 2 nitrogen and oxygen atoms in total. The zero-order chi connectivity index (χ0) is 65.8. The summed E-state index contributed by atoms with van der Waals surface area (Å²) in [6.45, 7) is 28.0. The van der Waals surface area contributed by atoms with Crippen LogP contribution in [0.2, 0.25) is 0 Å². The highest BCUT2D eigenvalue weighted by Gasteiger charge is 2.39. The van der Waals surface area contributed by atoms with E-state index in [1.807, 2.05) is 0 Å². The maximum absolute atomic E-state index is 2.44. The quantitative estimate of drug-likeness (QED) is 0.113. The van der Waals surface area contributed by atoms with Crippen molar-refractivity contribution >= 4 is 58.4 Å². The van der Waals surface area contributed by atoms with Gasteiger partial charge in [-0.25, -0.2) is 0 Å². The molecule has 95 heavy (non-hydrogen) atoms. The standard InChI is InChI=1S/C93H84N2/c1-89(2,3)69-35-43-73(44-36-69)94(71-39-31-67(32-40-71)65-19-15-13-16-20-65)75-47-53-81-79-51-29-63(57-85(79)92(9,10)87(81)59-75)25-23-61-27-49-77-78-50-28-62(56-84(78)91(7,8)83(77)55-61)24-26-64-30-52-80-82-54-48-76(60-88(82)93(11,12)86(80)58-64)95(74-45-37-70(38-46-74)90(4,5)6)72-41-33-68(34-42-72)66-21-17-14-18-22-66/h13-60H,1-12H3. The minimum atomic E-state index is -0.209. The lowest BCUT2D eigenvalue weighted by Crippen LogP contribution is -2.17. The summed E-state index contributed by atoms with van der Waals surface area (Å²) < 4.78 is 0. The Hall–Kier alpha value is -10.3. The second-order valence-corrected chi connectivity index (χ2v) is 30.3. The van der Waals surface area contributed by atoms with Gasteiger partial charge in [-0.1, -0.05) is 302 Å². The zero-order valence-corrected chi connectivity index (χ0v) is 57.1. The van der Waals surface area contributed by atoms with E-state index in [2.05, 4.69) is 384 Å². The molecule has 0 radical (unpaired) electrons. The van der Waals surface area contributed by atoms with Gasteiger partial charge in [0.1, 0.15) is 0 Å². The van der Waals surface area contributed by atoms with Crippen molar-refractivity contribution in [2.24, 2.45) is 0 Å². The average Bonchev–Trinajstić information content (AvgIpc) is 1.62. The van der Waals surface area contributed by atoms with Crippen LogP contribution in [-0.2, 0) is 27.1 Å². The molecule has 0 bridgehead atoms. The minimum Gasteiger partial charge on any atom is -0.310 e. The minimum absolute atomic E-state index is 0.0618. The molecule has 0 saturated heterocycles. The number of nitrogens with zero attached hydrogens (tertiary/aromatic N) is 2. The Balaban J connectivity index is 0.658. The van der Waals surface area contributed by atoms with E-state index in [0.717, 1.165) is 34.1 Å². The fraction of sp³-hybridized carbons (Fsp3) is 0.183. The van der Waals surface area contributed by atoms with Crippen LogP contribution in [0.1, 0.15) is 150 Å². The molecule has 0 heterocycles. The molecule has 3 aliphatic carbocycles. The summed E-state index contributed by atoms with van der Waals surface area (Å²) in [6.07, 6.45) is 9.21. The van der Waals surface area contributed by atoms with Gasteiger partial charge in [-0.15, -0.1) is 0 Å². The first kappa shape index (κ1) is 60.9. The summed E-state index contributed by atoms with van der Waals surface area (Å²) in [5.74, 6) is 0. The third-order valence-electron chi connectivity index (χ3n) is 21.0. The lowest BCUT2D eigenvalue weighted by Gasteiger charge is -2.29. The lowest BCUT2D eigenvalue weighted by atomic mass is 9.81. The van der Waals surface area contributed by atoms with Gasteiger partial charge in [-0.05, 0) is 206 Å². The second kappa shape index (κ2) is 23.0. The maximum atomic E-state index is 2.44. The highest BCUT2D eigenvalue weighted by Crippen LogP contribution is 2.54. The predicted molar refractivity (Wildman–Crippen MR) is 408 cm³/mol. The van der Waals surface area contributed by atoms with Crippen LogP contribution in [0.15, 0.2) is 267 Å². The molecular formula is C93H84N2. The number of hydrogen-bond donors (Lipinski definition) is 0. The molecule has 15 rings (SSSR count). The highest BCUT2D eigenvalue weighted by atomic mass is 15.1. The van der Waals surface area contributed by atoms with Gasteiger partial charge in [-0.2, -0.15) is 0 Å². The van der Waals surface area contributed by atoms with Crippen LogP contribution in [0.4, 0.5) is 34.1 Å². The maximum Gasteiger partial charge on any atom is 0.0465 e. The number of rotatable bonds is 12. The van der Waals surface area contributed by atoms with Crippen LogP contribution >= 0.6 is 0 Å². The Morgan fingerprint density at radius 1 is 0.232 bits per heavy atom. The van der Waals surface area contributed by atoms with Gasteiger partial charge in [0.2, 0.25) is 0 Å². The first-order chi connectivity index (χ1) is 45.6. The molecule has 0 aromatic heterocycles. The Bertz CT molecular complexity index is 4670. The van der Waals surface area contributed by atoms with Gasteiger partial charge >= 0.3 is 0 Å². The molecule has 0 fully saturated rings. The van der Waals surface area contributed by atoms with Crippen LogP contribution in [-0.4, -0.2) is 0 Å². The summed E-state index contributed by atoms with van der Waals surface area (Å²) in [4.78, 5) is 4.83. The summed E-state index contributed by atoms with van der Waals surface area (Å²) in [6, 6.07) is 100. The lowest BCUT2D eigenvalue weighted by molar-refractivity contribution is 0.590. The van der Waals surface area contributed by atoms with Crippen molar-refractivity contribution in [3.05, 3.63) is 334 Å². The Morgan fingerprint density at radius 2 is 0.453 bits per heavy atom. The zero-order valence-electron chi connectivity index (χ0n) is 57.1. The Morgan fingerprint density at radius 3 is 0.716 bits per heavy atom. The Kier molecular flexibility index (Phi) is 14.8. The van der Waals surface area contributed by atoms with E-state index in [4.69, 9.17) is 0 Å². The van der Waals surface area contributed by atoms with Crippen molar-refractivity contribution in [2.75, 3.05) is 9.80 Å². The SMILES string of the molecule is CC(C)(C)c1ccc(N(c2ccc(-c3ccccc3)cc2)c2ccc3c(c2)C(C)(C)c2cc(C=Cc4ccc5c(c4)C(C)(C)c4cc(C=Cc6ccc7c(c6)C(C)(C)c6cc(N(c8ccc(-c9ccccc9)cc8)c8ccc(C(C)(C)C)cc8)ccc6-7)ccc4-5)ccc2-3)cc1. The highest BCUT2D eigenvalue weighted by molar-refractivity contribution is 5.91. The van der Waals surface area contributed by atoms with Crippen LogP contribution < -0.4 is 9.80 Å². The molecule has 2 heteroatoms. The number of anilines is 6. The summed E-state index contributed by atoms with van der Waals surface area (Å²) in [5.41, 5.74) is 34.8. The molecule has 0 spiro atoms. The molecule has 0 amide bonds. The van der Waals surface area contributed by atoms with Crippen molar-refractivity contribution in [1.82, 2.24) is 0 Å². The largest absolute Gasteiger partial charge is 0.310 e. The van der Waals surface area contributed by atoms with Crippen LogP contribution in [0, 0.1) is 0 Å².